The lowest BCUT2D eigenvalue weighted by Gasteiger charge is -2.33. The van der Waals surface area contributed by atoms with Crippen LogP contribution in [0.2, 0.25) is 0 Å². The van der Waals surface area contributed by atoms with E-state index in [1.807, 2.05) is 27.7 Å². The Morgan fingerprint density at radius 3 is 2.59 bits per heavy atom. The highest BCUT2D eigenvalue weighted by Gasteiger charge is 2.29. The quantitative estimate of drug-likeness (QED) is 0.884. The lowest BCUT2D eigenvalue weighted by atomic mass is 9.88. The summed E-state index contributed by atoms with van der Waals surface area (Å²) in [6.07, 6.45) is 1.60. The summed E-state index contributed by atoms with van der Waals surface area (Å²) in [4.78, 5) is 16.6. The monoisotopic (exact) mass is 277 g/mol. The number of thiazole rings is 1. The molecule has 0 radical (unpaired) electrons. The second-order valence-corrected chi connectivity index (χ2v) is 5.71. The second-order valence-electron chi connectivity index (χ2n) is 4.47. The third kappa shape index (κ3) is 3.94. The first-order valence-corrected chi connectivity index (χ1v) is 6.15. The summed E-state index contributed by atoms with van der Waals surface area (Å²) in [6.45, 7) is 8.36. The minimum absolute atomic E-state index is 0. The van der Waals surface area contributed by atoms with Gasteiger partial charge in [0, 0.05) is 6.54 Å². The Kier molecular flexibility index (Phi) is 6.09. The zero-order chi connectivity index (χ0) is 12.3. The van der Waals surface area contributed by atoms with Crippen molar-refractivity contribution in [3.63, 3.8) is 0 Å². The fourth-order valence-corrected chi connectivity index (χ4v) is 1.89. The smallest absolute Gasteiger partial charge is 0.263 e. The van der Waals surface area contributed by atoms with E-state index in [2.05, 4.69) is 10.3 Å². The van der Waals surface area contributed by atoms with E-state index < -0.39 is 0 Å². The zero-order valence-electron chi connectivity index (χ0n) is 10.6. The average Bonchev–Trinajstić information content (AvgIpc) is 2.64. The fourth-order valence-electron chi connectivity index (χ4n) is 1.22. The highest BCUT2D eigenvalue weighted by molar-refractivity contribution is 7.13. The molecule has 1 rings (SSSR count). The van der Waals surface area contributed by atoms with Crippen LogP contribution in [-0.4, -0.2) is 23.0 Å². The number of aryl methyl sites for hydroxylation is 1. The number of aromatic nitrogens is 1. The number of hydrogen-bond donors (Lipinski definition) is 2. The van der Waals surface area contributed by atoms with Crippen LogP contribution < -0.4 is 11.1 Å². The van der Waals surface area contributed by atoms with Gasteiger partial charge in [-0.1, -0.05) is 13.8 Å². The first-order chi connectivity index (χ1) is 7.39. The third-order valence-electron chi connectivity index (χ3n) is 2.94. The van der Waals surface area contributed by atoms with Gasteiger partial charge in [-0.05, 0) is 19.8 Å². The standard InChI is InChI=1S/C11H19N3OS.ClH/c1-7(2)11(4,6-12)14-10(15)9-5-13-8(3)16-9;/h5,7H,6,12H2,1-4H3,(H,14,15);1H. The van der Waals surface area contributed by atoms with Crippen molar-refractivity contribution in [3.8, 4) is 0 Å². The lowest BCUT2D eigenvalue weighted by Crippen LogP contribution is -2.54. The van der Waals surface area contributed by atoms with E-state index in [0.29, 0.717) is 11.4 Å². The lowest BCUT2D eigenvalue weighted by molar-refractivity contribution is 0.0887. The van der Waals surface area contributed by atoms with Crippen LogP contribution in [0.4, 0.5) is 0 Å². The highest BCUT2D eigenvalue weighted by atomic mass is 35.5. The molecule has 98 valence electrons. The van der Waals surface area contributed by atoms with Crippen LogP contribution in [0.5, 0.6) is 0 Å². The molecule has 0 spiro atoms. The van der Waals surface area contributed by atoms with Crippen LogP contribution in [0.15, 0.2) is 6.20 Å². The second kappa shape index (κ2) is 6.33. The van der Waals surface area contributed by atoms with Gasteiger partial charge in [-0.25, -0.2) is 4.98 Å². The van der Waals surface area contributed by atoms with Gasteiger partial charge in [-0.15, -0.1) is 23.7 Å². The maximum atomic E-state index is 11.9. The van der Waals surface area contributed by atoms with E-state index in [1.54, 1.807) is 6.20 Å². The maximum Gasteiger partial charge on any atom is 0.263 e. The molecule has 0 bridgehead atoms. The summed E-state index contributed by atoms with van der Waals surface area (Å²) < 4.78 is 0. The Hall–Kier alpha value is -0.650. The molecule has 1 unspecified atom stereocenters. The Morgan fingerprint density at radius 1 is 1.65 bits per heavy atom. The molecule has 0 saturated heterocycles. The van der Waals surface area contributed by atoms with E-state index in [9.17, 15) is 4.79 Å². The van der Waals surface area contributed by atoms with Crippen molar-refractivity contribution >= 4 is 29.7 Å². The van der Waals surface area contributed by atoms with Crippen LogP contribution in [0.25, 0.3) is 0 Å². The maximum absolute atomic E-state index is 11.9. The molecule has 1 atom stereocenters. The summed E-state index contributed by atoms with van der Waals surface area (Å²) >= 11 is 1.39. The number of rotatable bonds is 4. The van der Waals surface area contributed by atoms with Gasteiger partial charge in [-0.3, -0.25) is 4.79 Å². The van der Waals surface area contributed by atoms with Crippen LogP contribution in [0.1, 0.15) is 35.5 Å². The predicted octanol–water partition coefficient (Wildman–Crippen LogP) is 1.98. The minimum Gasteiger partial charge on any atom is -0.345 e. The number of nitrogens with zero attached hydrogens (tertiary/aromatic N) is 1. The number of carbonyl (C=O) groups excluding carboxylic acids is 1. The molecule has 0 aliphatic rings. The summed E-state index contributed by atoms with van der Waals surface area (Å²) in [6, 6.07) is 0. The summed E-state index contributed by atoms with van der Waals surface area (Å²) in [5.74, 6) is 0.197. The molecule has 0 aliphatic carbocycles. The van der Waals surface area contributed by atoms with Crippen molar-refractivity contribution in [2.45, 2.75) is 33.2 Å². The van der Waals surface area contributed by atoms with E-state index >= 15 is 0 Å². The molecule has 0 saturated carbocycles. The molecule has 1 amide bonds. The molecule has 17 heavy (non-hydrogen) atoms. The molecule has 0 fully saturated rings. The predicted molar refractivity (Wildman–Crippen MR) is 73.9 cm³/mol. The largest absolute Gasteiger partial charge is 0.345 e. The number of nitrogens with one attached hydrogen (secondary N) is 1. The van der Waals surface area contributed by atoms with Crippen LogP contribution >= 0.6 is 23.7 Å². The number of halogens is 1. The molecule has 1 aromatic rings. The van der Waals surface area contributed by atoms with E-state index in [1.165, 1.54) is 11.3 Å². The van der Waals surface area contributed by atoms with Gasteiger partial charge in [0.25, 0.3) is 5.91 Å². The van der Waals surface area contributed by atoms with Crippen molar-refractivity contribution in [2.24, 2.45) is 11.7 Å². The Labute approximate surface area is 112 Å². The number of amides is 1. The molecule has 3 N–H and O–H groups in total. The van der Waals surface area contributed by atoms with Crippen molar-refractivity contribution in [3.05, 3.63) is 16.1 Å². The molecule has 4 nitrogen and oxygen atoms in total. The van der Waals surface area contributed by atoms with Gasteiger partial charge in [0.05, 0.1) is 16.7 Å². The van der Waals surface area contributed by atoms with Gasteiger partial charge in [0.2, 0.25) is 0 Å². The van der Waals surface area contributed by atoms with Gasteiger partial charge >= 0.3 is 0 Å². The van der Waals surface area contributed by atoms with E-state index in [-0.39, 0.29) is 29.8 Å². The SMILES string of the molecule is Cc1ncc(C(=O)NC(C)(CN)C(C)C)s1.Cl. The fraction of sp³-hybridized carbons (Fsp3) is 0.636. The molecule has 1 heterocycles. The zero-order valence-corrected chi connectivity index (χ0v) is 12.2. The average molecular weight is 278 g/mol. The van der Waals surface area contributed by atoms with E-state index in [0.717, 1.165) is 5.01 Å². The summed E-state index contributed by atoms with van der Waals surface area (Å²) in [5, 5.41) is 3.87. The van der Waals surface area contributed by atoms with Crippen molar-refractivity contribution in [1.29, 1.82) is 0 Å². The molecule has 0 aliphatic heterocycles. The van der Waals surface area contributed by atoms with Gasteiger partial charge in [0.15, 0.2) is 0 Å². The third-order valence-corrected chi connectivity index (χ3v) is 3.85. The minimum atomic E-state index is -0.366. The molecular weight excluding hydrogens is 258 g/mol. The Balaban J connectivity index is 0.00000256. The first-order valence-electron chi connectivity index (χ1n) is 5.34. The topological polar surface area (TPSA) is 68.0 Å². The van der Waals surface area contributed by atoms with Crippen LogP contribution in [-0.2, 0) is 0 Å². The van der Waals surface area contributed by atoms with Gasteiger partial charge in [0.1, 0.15) is 4.88 Å². The molecule has 1 aromatic heterocycles. The molecule has 0 aromatic carbocycles. The molecule has 6 heteroatoms. The summed E-state index contributed by atoms with van der Waals surface area (Å²) in [5.41, 5.74) is 5.35. The highest BCUT2D eigenvalue weighted by Crippen LogP contribution is 2.17. The van der Waals surface area contributed by atoms with Crippen LogP contribution in [0.3, 0.4) is 0 Å². The molecular formula is C11H20ClN3OS. The Bertz CT molecular complexity index is 381. The number of hydrogen-bond acceptors (Lipinski definition) is 4. The normalized spacial score (nSPS) is 14.0. The summed E-state index contributed by atoms with van der Waals surface area (Å²) in [7, 11) is 0. The number of carbonyl (C=O) groups is 1. The Morgan fingerprint density at radius 2 is 2.24 bits per heavy atom. The van der Waals surface area contributed by atoms with E-state index in [4.69, 9.17) is 5.73 Å². The van der Waals surface area contributed by atoms with Gasteiger partial charge < -0.3 is 11.1 Å². The first kappa shape index (κ1) is 16.4. The van der Waals surface area contributed by atoms with Crippen LogP contribution in [0, 0.1) is 12.8 Å². The van der Waals surface area contributed by atoms with Crippen molar-refractivity contribution in [2.75, 3.05) is 6.54 Å². The van der Waals surface area contributed by atoms with Crippen molar-refractivity contribution in [1.82, 2.24) is 10.3 Å². The number of nitrogens with two attached hydrogens (primary N) is 1. The van der Waals surface area contributed by atoms with Gasteiger partial charge in [-0.2, -0.15) is 0 Å². The van der Waals surface area contributed by atoms with Crippen molar-refractivity contribution < 1.29 is 4.79 Å².